The predicted octanol–water partition coefficient (Wildman–Crippen LogP) is 2.56. The Morgan fingerprint density at radius 2 is 1.76 bits per heavy atom. The molecule has 4 heteroatoms. The van der Waals surface area contributed by atoms with Crippen LogP contribution in [0.25, 0.3) is 0 Å². The molecule has 0 radical (unpaired) electrons. The minimum atomic E-state index is 0.174. The molecule has 0 unspecified atom stereocenters. The summed E-state index contributed by atoms with van der Waals surface area (Å²) in [5.41, 5.74) is 0. The first kappa shape index (κ1) is 18.4. The minimum Gasteiger partial charge on any atom is -0.396 e. The molecule has 0 saturated carbocycles. The molecule has 1 fully saturated rings. The summed E-state index contributed by atoms with van der Waals surface area (Å²) in [6.45, 7) is 6.07. The van der Waals surface area contributed by atoms with Crippen molar-refractivity contribution < 1.29 is 9.90 Å². The van der Waals surface area contributed by atoms with E-state index in [9.17, 15) is 4.79 Å². The fourth-order valence-corrected chi connectivity index (χ4v) is 2.99. The van der Waals surface area contributed by atoms with Crippen LogP contribution >= 0.6 is 0 Å². The Labute approximate surface area is 130 Å². The van der Waals surface area contributed by atoms with Gasteiger partial charge in [0.2, 0.25) is 5.91 Å². The summed E-state index contributed by atoms with van der Waals surface area (Å²) in [7, 11) is 0. The Balaban J connectivity index is 2.29. The second-order valence-electron chi connectivity index (χ2n) is 6.27. The van der Waals surface area contributed by atoms with Gasteiger partial charge in [0, 0.05) is 26.1 Å². The molecule has 2 N–H and O–H groups in total. The van der Waals surface area contributed by atoms with Crippen molar-refractivity contribution in [3.8, 4) is 0 Å². The van der Waals surface area contributed by atoms with Crippen LogP contribution in [0.3, 0.4) is 0 Å². The molecular weight excluding hydrogens is 264 g/mol. The lowest BCUT2D eigenvalue weighted by Gasteiger charge is -2.27. The van der Waals surface area contributed by atoms with Gasteiger partial charge in [0.1, 0.15) is 0 Å². The zero-order valence-electron chi connectivity index (χ0n) is 13.8. The van der Waals surface area contributed by atoms with E-state index in [0.717, 1.165) is 38.9 Å². The number of amides is 1. The summed E-state index contributed by atoms with van der Waals surface area (Å²) in [5.74, 6) is 0.848. The SMILES string of the molecule is CCCCCCCN(CCCO)C(=O)CC1CCNCC1. The molecule has 21 heavy (non-hydrogen) atoms. The molecule has 0 aromatic rings. The standard InChI is InChI=1S/C17H34N2O2/c1-2-3-4-5-6-12-19(13-7-14-20)17(21)15-16-8-10-18-11-9-16/h16,18,20H,2-15H2,1H3. The highest BCUT2D eigenvalue weighted by atomic mass is 16.3. The summed E-state index contributed by atoms with van der Waals surface area (Å²) < 4.78 is 0. The van der Waals surface area contributed by atoms with Crippen molar-refractivity contribution in [3.05, 3.63) is 0 Å². The van der Waals surface area contributed by atoms with E-state index in [0.29, 0.717) is 31.2 Å². The maximum atomic E-state index is 12.5. The summed E-state index contributed by atoms with van der Waals surface area (Å²) >= 11 is 0. The van der Waals surface area contributed by atoms with E-state index < -0.39 is 0 Å². The van der Waals surface area contributed by atoms with E-state index in [1.165, 1.54) is 25.7 Å². The lowest BCUT2D eigenvalue weighted by Crippen LogP contribution is -2.36. The van der Waals surface area contributed by atoms with Crippen LogP contribution in [0.2, 0.25) is 0 Å². The Morgan fingerprint density at radius 1 is 1.10 bits per heavy atom. The number of nitrogens with one attached hydrogen (secondary N) is 1. The largest absolute Gasteiger partial charge is 0.396 e. The van der Waals surface area contributed by atoms with Gasteiger partial charge in [-0.05, 0) is 44.7 Å². The molecule has 1 rings (SSSR count). The topological polar surface area (TPSA) is 52.6 Å². The highest BCUT2D eigenvalue weighted by Gasteiger charge is 2.20. The normalized spacial score (nSPS) is 16.1. The van der Waals surface area contributed by atoms with Crippen LogP contribution in [0.5, 0.6) is 0 Å². The summed E-state index contributed by atoms with van der Waals surface area (Å²) in [4.78, 5) is 14.5. The molecule has 0 aromatic heterocycles. The van der Waals surface area contributed by atoms with Gasteiger partial charge in [-0.2, -0.15) is 0 Å². The van der Waals surface area contributed by atoms with Gasteiger partial charge < -0.3 is 15.3 Å². The van der Waals surface area contributed by atoms with Crippen molar-refractivity contribution in [1.82, 2.24) is 10.2 Å². The number of carbonyl (C=O) groups is 1. The Kier molecular flexibility index (Phi) is 10.5. The third-order valence-corrected chi connectivity index (χ3v) is 4.39. The molecule has 0 aromatic carbocycles. The van der Waals surface area contributed by atoms with Crippen molar-refractivity contribution in [3.63, 3.8) is 0 Å². The molecule has 1 amide bonds. The average molecular weight is 298 g/mol. The number of aliphatic hydroxyl groups is 1. The smallest absolute Gasteiger partial charge is 0.222 e. The highest BCUT2D eigenvalue weighted by molar-refractivity contribution is 5.76. The molecular formula is C17H34N2O2. The van der Waals surface area contributed by atoms with Gasteiger partial charge in [0.05, 0.1) is 0 Å². The summed E-state index contributed by atoms with van der Waals surface area (Å²) in [6.07, 6.45) is 9.77. The van der Waals surface area contributed by atoms with Gasteiger partial charge in [-0.25, -0.2) is 0 Å². The number of hydrogen-bond acceptors (Lipinski definition) is 3. The number of nitrogens with zero attached hydrogens (tertiary/aromatic N) is 1. The first-order valence-electron chi connectivity index (χ1n) is 8.87. The van der Waals surface area contributed by atoms with Crippen molar-refractivity contribution in [2.45, 2.75) is 64.7 Å². The van der Waals surface area contributed by atoms with E-state index in [4.69, 9.17) is 5.11 Å². The first-order chi connectivity index (χ1) is 10.3. The van der Waals surface area contributed by atoms with Crippen LogP contribution in [-0.4, -0.2) is 48.7 Å². The molecule has 1 saturated heterocycles. The van der Waals surface area contributed by atoms with Crippen LogP contribution in [0.4, 0.5) is 0 Å². The van der Waals surface area contributed by atoms with Crippen LogP contribution in [0.1, 0.15) is 64.7 Å². The number of carbonyl (C=O) groups excluding carboxylic acids is 1. The number of unbranched alkanes of at least 4 members (excludes halogenated alkanes) is 4. The van der Waals surface area contributed by atoms with Crippen LogP contribution < -0.4 is 5.32 Å². The third kappa shape index (κ3) is 8.42. The number of piperidine rings is 1. The maximum Gasteiger partial charge on any atom is 0.222 e. The first-order valence-corrected chi connectivity index (χ1v) is 8.87. The van der Waals surface area contributed by atoms with Crippen molar-refractivity contribution >= 4 is 5.91 Å². The number of rotatable bonds is 11. The molecule has 1 aliphatic rings. The lowest BCUT2D eigenvalue weighted by atomic mass is 9.94. The van der Waals surface area contributed by atoms with E-state index in [2.05, 4.69) is 12.2 Å². The van der Waals surface area contributed by atoms with Gasteiger partial charge in [-0.15, -0.1) is 0 Å². The van der Waals surface area contributed by atoms with Crippen LogP contribution in [0.15, 0.2) is 0 Å². The summed E-state index contributed by atoms with van der Waals surface area (Å²) in [5, 5.41) is 12.4. The van der Waals surface area contributed by atoms with Gasteiger partial charge in [-0.1, -0.05) is 32.6 Å². The molecule has 1 heterocycles. The predicted molar refractivity (Wildman–Crippen MR) is 87.3 cm³/mol. The molecule has 124 valence electrons. The van der Waals surface area contributed by atoms with Gasteiger partial charge in [0.25, 0.3) is 0 Å². The third-order valence-electron chi connectivity index (χ3n) is 4.39. The second kappa shape index (κ2) is 12.0. The van der Waals surface area contributed by atoms with Gasteiger partial charge >= 0.3 is 0 Å². The fourth-order valence-electron chi connectivity index (χ4n) is 2.99. The quantitative estimate of drug-likeness (QED) is 0.576. The van der Waals surface area contributed by atoms with Gasteiger partial charge in [-0.3, -0.25) is 4.79 Å². The van der Waals surface area contributed by atoms with E-state index in [1.807, 2.05) is 4.90 Å². The second-order valence-corrected chi connectivity index (χ2v) is 6.27. The number of aliphatic hydroxyl groups excluding tert-OH is 1. The van der Waals surface area contributed by atoms with E-state index in [1.54, 1.807) is 0 Å². The van der Waals surface area contributed by atoms with Crippen LogP contribution in [-0.2, 0) is 4.79 Å². The van der Waals surface area contributed by atoms with Gasteiger partial charge in [0.15, 0.2) is 0 Å². The lowest BCUT2D eigenvalue weighted by molar-refractivity contribution is -0.132. The Hall–Kier alpha value is -0.610. The van der Waals surface area contributed by atoms with Crippen LogP contribution in [0, 0.1) is 5.92 Å². The van der Waals surface area contributed by atoms with E-state index in [-0.39, 0.29) is 6.61 Å². The molecule has 0 aliphatic carbocycles. The fraction of sp³-hybridized carbons (Fsp3) is 0.941. The zero-order chi connectivity index (χ0) is 15.3. The molecule has 0 bridgehead atoms. The Bertz CT molecular complexity index is 266. The minimum absolute atomic E-state index is 0.174. The molecule has 0 spiro atoms. The van der Waals surface area contributed by atoms with E-state index >= 15 is 0 Å². The number of hydrogen-bond donors (Lipinski definition) is 2. The molecule has 0 atom stereocenters. The molecule has 1 aliphatic heterocycles. The molecule has 4 nitrogen and oxygen atoms in total. The summed E-state index contributed by atoms with van der Waals surface area (Å²) in [6, 6.07) is 0. The average Bonchev–Trinajstić information content (AvgIpc) is 2.51. The highest BCUT2D eigenvalue weighted by Crippen LogP contribution is 2.17. The monoisotopic (exact) mass is 298 g/mol. The Morgan fingerprint density at radius 3 is 2.43 bits per heavy atom. The zero-order valence-corrected chi connectivity index (χ0v) is 13.8. The van der Waals surface area contributed by atoms with Crippen molar-refractivity contribution in [1.29, 1.82) is 0 Å². The van der Waals surface area contributed by atoms with Crippen molar-refractivity contribution in [2.24, 2.45) is 5.92 Å². The maximum absolute atomic E-state index is 12.5. The van der Waals surface area contributed by atoms with Crippen molar-refractivity contribution in [2.75, 3.05) is 32.8 Å².